The molecule has 4 rings (SSSR count). The highest BCUT2D eigenvalue weighted by Crippen LogP contribution is 2.40. The van der Waals surface area contributed by atoms with Crippen LogP contribution in [-0.2, 0) is 44.4 Å². The normalized spacial score (nSPS) is 15.4. The van der Waals surface area contributed by atoms with E-state index in [1.165, 1.54) is 104 Å². The Balaban J connectivity index is 2.04. The molecule has 0 bridgehead atoms. The summed E-state index contributed by atoms with van der Waals surface area (Å²) in [6, 6.07) is 11.6. The van der Waals surface area contributed by atoms with Crippen LogP contribution < -0.4 is 14.2 Å². The predicted molar refractivity (Wildman–Crippen MR) is 224 cm³/mol. The molecular formula is C41H52F3N3O9S4. The molecule has 0 aliphatic heterocycles. The lowest BCUT2D eigenvalue weighted by molar-refractivity contribution is -0.0896. The molecule has 0 fully saturated rings. The number of benzene rings is 4. The summed E-state index contributed by atoms with van der Waals surface area (Å²) >= 11 is 0. The van der Waals surface area contributed by atoms with Crippen molar-refractivity contribution in [3.63, 3.8) is 0 Å². The zero-order valence-corrected chi connectivity index (χ0v) is 38.8. The average Bonchev–Trinajstić information content (AvgIpc) is 3.01. The maximum Gasteiger partial charge on any atom is 0.297 e. The van der Waals surface area contributed by atoms with Gasteiger partial charge in [-0.2, -0.15) is 22.6 Å². The first-order chi connectivity index (χ1) is 27.4. The van der Waals surface area contributed by atoms with E-state index in [0.29, 0.717) is 22.3 Å². The van der Waals surface area contributed by atoms with E-state index >= 15 is 13.2 Å². The van der Waals surface area contributed by atoms with Crippen molar-refractivity contribution in [1.29, 1.82) is 0 Å². The molecule has 4 aromatic carbocycles. The molecule has 4 aromatic rings. The highest BCUT2D eigenvalue weighted by molar-refractivity contribution is 7.90. The molecule has 0 heterocycles. The number of alkyl halides is 3. The van der Waals surface area contributed by atoms with Crippen LogP contribution in [0.2, 0.25) is 0 Å². The third kappa shape index (κ3) is 9.99. The second-order valence-corrected chi connectivity index (χ2v) is 22.2. The standard InChI is InChI=1S/C41H52F3N3O9S4/c1-22-13-26(5)34(27(6)14-22)57(48,49)45-38(42)41(21-56-60(54,55)37-32(11)19-25(4)20-33(37)12,39(43)46-58(50,51)35-28(7)15-23(2)16-29(35)8)40(44)47-59(52,53)36-30(9)17-24(3)18-31(36)10/h13-20,38-40,45-47H,21H2,1-12H3. The third-order valence-electron chi connectivity index (χ3n) is 10.1. The van der Waals surface area contributed by atoms with Crippen LogP contribution in [0.4, 0.5) is 13.2 Å². The minimum Gasteiger partial charge on any atom is -0.265 e. The van der Waals surface area contributed by atoms with Crippen molar-refractivity contribution in [1.82, 2.24) is 14.2 Å². The molecule has 0 saturated carbocycles. The zero-order valence-electron chi connectivity index (χ0n) is 35.5. The molecule has 0 saturated heterocycles. The van der Waals surface area contributed by atoms with E-state index in [1.54, 1.807) is 41.9 Å². The third-order valence-corrected chi connectivity index (χ3v) is 16.8. The lowest BCUT2D eigenvalue weighted by Gasteiger charge is -2.41. The molecule has 330 valence electrons. The van der Waals surface area contributed by atoms with Gasteiger partial charge in [-0.1, -0.05) is 70.8 Å². The molecule has 3 atom stereocenters. The molecule has 3 unspecified atom stereocenters. The Bertz CT molecular complexity index is 2480. The van der Waals surface area contributed by atoms with Crippen molar-refractivity contribution in [3.05, 3.63) is 115 Å². The maximum atomic E-state index is 17.6. The molecule has 0 aromatic heterocycles. The minimum atomic E-state index is -5.16. The Hall–Kier alpha value is -3.69. The van der Waals surface area contributed by atoms with Gasteiger partial charge in [0.05, 0.1) is 26.2 Å². The molecule has 0 aliphatic carbocycles. The quantitative estimate of drug-likeness (QED) is 0.0796. The highest BCUT2D eigenvalue weighted by atomic mass is 32.2. The smallest absolute Gasteiger partial charge is 0.265 e. The summed E-state index contributed by atoms with van der Waals surface area (Å²) in [5.74, 6) is 0. The van der Waals surface area contributed by atoms with Gasteiger partial charge < -0.3 is 0 Å². The molecular weight excluding hydrogens is 864 g/mol. The van der Waals surface area contributed by atoms with E-state index in [2.05, 4.69) is 0 Å². The van der Waals surface area contributed by atoms with Crippen LogP contribution in [-0.4, -0.2) is 59.2 Å². The predicted octanol–water partition coefficient (Wildman–Crippen LogP) is 6.90. The SMILES string of the molecule is Cc1cc(C)c(S(=O)(=O)NC(F)C(COS(=O)(=O)c2c(C)cc(C)cc2C)(C(F)NS(=O)(=O)c2c(C)cc(C)cc2C)C(F)NS(=O)(=O)c2c(C)cc(C)cc2C)c(C)c1. The first-order valence-corrected chi connectivity index (χ1v) is 24.4. The molecule has 12 nitrogen and oxygen atoms in total. The molecule has 0 spiro atoms. The molecule has 0 amide bonds. The molecule has 60 heavy (non-hydrogen) atoms. The van der Waals surface area contributed by atoms with Crippen LogP contribution in [0.1, 0.15) is 66.8 Å². The summed E-state index contributed by atoms with van der Waals surface area (Å²) in [5, 5.41) is 0. The zero-order chi connectivity index (χ0) is 45.7. The van der Waals surface area contributed by atoms with Crippen molar-refractivity contribution in [2.45, 2.75) is 122 Å². The first-order valence-electron chi connectivity index (χ1n) is 18.6. The summed E-state index contributed by atoms with van der Waals surface area (Å²) in [4.78, 5) is -2.00. The van der Waals surface area contributed by atoms with Crippen molar-refractivity contribution in [2.24, 2.45) is 5.41 Å². The van der Waals surface area contributed by atoms with E-state index in [1.807, 2.05) is 0 Å². The summed E-state index contributed by atoms with van der Waals surface area (Å²) in [6.07, 6.45) is -11.0. The number of hydrogen-bond acceptors (Lipinski definition) is 9. The summed E-state index contributed by atoms with van der Waals surface area (Å²) < 4.78 is 175. The van der Waals surface area contributed by atoms with Gasteiger partial charge in [-0.15, -0.1) is 0 Å². The molecule has 0 radical (unpaired) electrons. The van der Waals surface area contributed by atoms with Gasteiger partial charge in [0, 0.05) is 0 Å². The van der Waals surface area contributed by atoms with Crippen molar-refractivity contribution >= 4 is 40.2 Å². The summed E-state index contributed by atoms with van der Waals surface area (Å²) in [5.41, 5.74) is -0.740. The second kappa shape index (κ2) is 17.6. The lowest BCUT2D eigenvalue weighted by Crippen LogP contribution is -2.65. The Morgan fingerprint density at radius 3 is 0.833 bits per heavy atom. The maximum absolute atomic E-state index is 17.6. The van der Waals surface area contributed by atoms with Crippen LogP contribution in [0.3, 0.4) is 0 Å². The number of rotatable bonds is 16. The second-order valence-electron chi connectivity index (χ2n) is 15.7. The first kappa shape index (κ1) is 49.0. The minimum absolute atomic E-state index is 0.0904. The summed E-state index contributed by atoms with van der Waals surface area (Å²) in [6.45, 7) is 15.8. The van der Waals surface area contributed by atoms with Crippen molar-refractivity contribution < 1.29 is 51.0 Å². The average molecular weight is 916 g/mol. The molecule has 3 N–H and O–H groups in total. The highest BCUT2D eigenvalue weighted by Gasteiger charge is 2.59. The van der Waals surface area contributed by atoms with E-state index in [-0.39, 0.29) is 44.5 Å². The number of aryl methyl sites for hydroxylation is 12. The Kier molecular flexibility index (Phi) is 14.4. The number of nitrogens with one attached hydrogen (secondary N) is 3. The van der Waals surface area contributed by atoms with Crippen molar-refractivity contribution in [3.8, 4) is 0 Å². The van der Waals surface area contributed by atoms with Gasteiger partial charge in [0.15, 0.2) is 18.9 Å². The van der Waals surface area contributed by atoms with Crippen LogP contribution in [0.15, 0.2) is 68.1 Å². The fraction of sp³-hybridized carbons (Fsp3) is 0.415. The van der Waals surface area contributed by atoms with Crippen molar-refractivity contribution in [2.75, 3.05) is 6.61 Å². The van der Waals surface area contributed by atoms with E-state index in [9.17, 15) is 33.7 Å². The molecule has 0 aliphatic rings. The van der Waals surface area contributed by atoms with E-state index in [4.69, 9.17) is 4.18 Å². The number of hydrogen-bond donors (Lipinski definition) is 3. The van der Waals surface area contributed by atoms with Gasteiger partial charge in [0.25, 0.3) is 10.1 Å². The van der Waals surface area contributed by atoms with Gasteiger partial charge in [-0.05, 0) is 128 Å². The van der Waals surface area contributed by atoms with Gasteiger partial charge >= 0.3 is 0 Å². The fourth-order valence-electron chi connectivity index (χ4n) is 8.09. The van der Waals surface area contributed by atoms with Gasteiger partial charge in [-0.25, -0.2) is 38.4 Å². The monoisotopic (exact) mass is 915 g/mol. The summed E-state index contributed by atoms with van der Waals surface area (Å²) in [7, 11) is -20.6. The Labute approximate surface area is 352 Å². The molecule has 19 heteroatoms. The van der Waals surface area contributed by atoms with Gasteiger partial charge in [0.1, 0.15) is 5.41 Å². The Morgan fingerprint density at radius 1 is 0.417 bits per heavy atom. The van der Waals surface area contributed by atoms with Crippen LogP contribution in [0.25, 0.3) is 0 Å². The van der Waals surface area contributed by atoms with Crippen LogP contribution >= 0.6 is 0 Å². The van der Waals surface area contributed by atoms with Gasteiger partial charge in [0.2, 0.25) is 30.1 Å². The van der Waals surface area contributed by atoms with E-state index < -0.39 is 90.7 Å². The Morgan fingerprint density at radius 2 is 0.617 bits per heavy atom. The van der Waals surface area contributed by atoms with E-state index in [0.717, 1.165) is 0 Å². The fourth-order valence-corrected chi connectivity index (χ4v) is 14.2. The lowest BCUT2D eigenvalue weighted by atomic mass is 9.85. The van der Waals surface area contributed by atoms with Crippen LogP contribution in [0.5, 0.6) is 0 Å². The topological polar surface area (TPSA) is 182 Å². The van der Waals surface area contributed by atoms with Gasteiger partial charge in [-0.3, -0.25) is 4.18 Å². The largest absolute Gasteiger partial charge is 0.297 e. The number of sulfonamides is 3. The van der Waals surface area contributed by atoms with Crippen LogP contribution in [0, 0.1) is 88.5 Å². The number of halogens is 3.